The second-order valence-electron chi connectivity index (χ2n) is 11.2. The molecule has 0 aliphatic heterocycles. The van der Waals surface area contributed by atoms with Crippen LogP contribution in [0.5, 0.6) is 0 Å². The van der Waals surface area contributed by atoms with E-state index in [2.05, 4.69) is 126 Å². The van der Waals surface area contributed by atoms with Crippen molar-refractivity contribution in [2.24, 2.45) is 0 Å². The lowest BCUT2D eigenvalue weighted by Gasteiger charge is -2.30. The van der Waals surface area contributed by atoms with Gasteiger partial charge in [-0.1, -0.05) is 176 Å². The Morgan fingerprint density at radius 1 is 0.370 bits per heavy atom. The van der Waals surface area contributed by atoms with E-state index in [0.717, 1.165) is 49.3 Å². The van der Waals surface area contributed by atoms with Crippen molar-refractivity contribution in [3.05, 3.63) is 211 Å². The van der Waals surface area contributed by atoms with Crippen molar-refractivity contribution in [2.45, 2.75) is 0 Å². The van der Waals surface area contributed by atoms with E-state index in [1.54, 1.807) is 0 Å². The van der Waals surface area contributed by atoms with E-state index in [1.165, 1.54) is 0 Å². The highest BCUT2D eigenvalue weighted by molar-refractivity contribution is 7.15. The molecule has 0 aliphatic rings. The Kier molecular flexibility index (Phi) is 7.84. The van der Waals surface area contributed by atoms with Crippen LogP contribution in [-0.4, -0.2) is 8.07 Å². The number of hydrogen-bond acceptors (Lipinski definition) is 1. The third kappa shape index (κ3) is 5.99. The van der Waals surface area contributed by atoms with Gasteiger partial charge in [0, 0.05) is 17.1 Å². The zero-order chi connectivity index (χ0) is 32.8. The van der Waals surface area contributed by atoms with Crippen LogP contribution in [0.2, 0.25) is 0 Å². The van der Waals surface area contributed by atoms with Gasteiger partial charge in [0.15, 0.2) is 8.07 Å². The quantitative estimate of drug-likeness (QED) is 0.117. The lowest BCUT2D eigenvalue weighted by molar-refractivity contribution is 1.28. The van der Waals surface area contributed by atoms with Gasteiger partial charge < -0.3 is 4.90 Å². The Balaban J connectivity index is 1.26. The summed E-state index contributed by atoms with van der Waals surface area (Å²) in [4.78, 5) is 2.25. The topological polar surface area (TPSA) is 3.24 Å². The molecule has 46 heavy (non-hydrogen) atoms. The zero-order valence-corrected chi connectivity index (χ0v) is 26.5. The maximum atomic E-state index is 9.81. The molecular formula is C44H35NSi. The largest absolute Gasteiger partial charge is 0.311 e. The summed E-state index contributed by atoms with van der Waals surface area (Å²) in [5, 5.41) is 3.27. The molecule has 0 saturated heterocycles. The molecule has 7 aromatic carbocycles. The maximum Gasteiger partial charge on any atom is 0.172 e. The zero-order valence-electron chi connectivity index (χ0n) is 27.5. The van der Waals surface area contributed by atoms with Gasteiger partial charge in [-0.2, -0.15) is 0 Å². The van der Waals surface area contributed by atoms with E-state index >= 15 is 0 Å². The minimum Gasteiger partial charge on any atom is -0.311 e. The van der Waals surface area contributed by atoms with Crippen LogP contribution in [0.3, 0.4) is 0 Å². The Labute approximate surface area is 276 Å². The molecule has 0 heterocycles. The minimum absolute atomic E-state index is 0.251. The van der Waals surface area contributed by atoms with E-state index in [0.29, 0.717) is 5.68 Å². The first-order chi connectivity index (χ1) is 23.7. The SMILES string of the molecule is [2H]/C(=C(/[2H])[Si](c1ccccc1)(c1ccccc1)c1ccccc1)c1ccc(-c2ccc(N(c3ccccc3)c3ccccc3)cc2)cc1. The summed E-state index contributed by atoms with van der Waals surface area (Å²) in [6.07, 6.45) is 0. The summed E-state index contributed by atoms with van der Waals surface area (Å²) in [6, 6.07) is 68.8. The summed E-state index contributed by atoms with van der Waals surface area (Å²) in [5.41, 5.74) is 6.53. The minimum atomic E-state index is -3.07. The molecule has 0 fully saturated rings. The van der Waals surface area contributed by atoms with E-state index < -0.39 is 8.07 Å². The molecule has 2 heteroatoms. The smallest absolute Gasteiger partial charge is 0.172 e. The molecule has 0 saturated carbocycles. The highest BCUT2D eigenvalue weighted by atomic mass is 28.3. The summed E-state index contributed by atoms with van der Waals surface area (Å²) in [5.74, 6) is 0. The van der Waals surface area contributed by atoms with Gasteiger partial charge in [0.1, 0.15) is 0 Å². The van der Waals surface area contributed by atoms with Crippen LogP contribution in [-0.2, 0) is 0 Å². The number of rotatable bonds is 9. The van der Waals surface area contributed by atoms with Gasteiger partial charge in [-0.05, 0) is 68.6 Å². The Morgan fingerprint density at radius 2 is 0.696 bits per heavy atom. The highest BCUT2D eigenvalue weighted by Gasteiger charge is 2.36. The molecule has 0 N–H and O–H groups in total. The molecule has 0 spiro atoms. The maximum absolute atomic E-state index is 9.81. The van der Waals surface area contributed by atoms with Crippen LogP contribution in [0.1, 0.15) is 8.30 Å². The second-order valence-corrected chi connectivity index (χ2v) is 14.7. The first kappa shape index (κ1) is 26.7. The monoisotopic (exact) mass is 607 g/mol. The first-order valence-corrected chi connectivity index (χ1v) is 17.6. The predicted octanol–water partition coefficient (Wildman–Crippen LogP) is 9.55. The van der Waals surface area contributed by atoms with E-state index in [-0.39, 0.29) is 6.05 Å². The van der Waals surface area contributed by atoms with Gasteiger partial charge in [-0.15, -0.1) is 0 Å². The molecule has 0 atom stereocenters. The summed E-state index contributed by atoms with van der Waals surface area (Å²) in [6.45, 7) is 0. The molecule has 1 nitrogen and oxygen atoms in total. The van der Waals surface area contributed by atoms with Crippen LogP contribution < -0.4 is 20.5 Å². The van der Waals surface area contributed by atoms with E-state index in [4.69, 9.17) is 0 Å². The predicted molar refractivity (Wildman–Crippen MR) is 200 cm³/mol. The van der Waals surface area contributed by atoms with Crippen molar-refractivity contribution in [1.82, 2.24) is 0 Å². The molecule has 0 aliphatic carbocycles. The van der Waals surface area contributed by atoms with Crippen molar-refractivity contribution in [2.75, 3.05) is 4.90 Å². The number of benzene rings is 7. The third-order valence-corrected chi connectivity index (χ3v) is 12.5. The summed E-state index contributed by atoms with van der Waals surface area (Å²) in [7, 11) is -3.07. The van der Waals surface area contributed by atoms with Crippen molar-refractivity contribution >= 4 is 46.7 Å². The molecule has 0 unspecified atom stereocenters. The van der Waals surface area contributed by atoms with Gasteiger partial charge in [0.25, 0.3) is 0 Å². The fourth-order valence-corrected chi connectivity index (χ4v) is 9.94. The van der Waals surface area contributed by atoms with Crippen LogP contribution in [0.4, 0.5) is 17.1 Å². The van der Waals surface area contributed by atoms with E-state index in [1.807, 2.05) is 78.9 Å². The van der Waals surface area contributed by atoms with Crippen molar-refractivity contribution in [3.63, 3.8) is 0 Å². The molecule has 220 valence electrons. The molecule has 0 bridgehead atoms. The Hall–Kier alpha value is -5.70. The molecule has 0 amide bonds. The molecule has 7 rings (SSSR count). The fourth-order valence-electron chi connectivity index (χ4n) is 6.10. The lowest BCUT2D eigenvalue weighted by Crippen LogP contribution is -2.66. The van der Waals surface area contributed by atoms with Crippen molar-refractivity contribution in [3.8, 4) is 11.1 Å². The van der Waals surface area contributed by atoms with Crippen LogP contribution >= 0.6 is 0 Å². The molecule has 7 aromatic rings. The molecule has 0 aromatic heterocycles. The number of hydrogen-bond donors (Lipinski definition) is 0. The lowest BCUT2D eigenvalue weighted by atomic mass is 10.0. The van der Waals surface area contributed by atoms with Gasteiger partial charge in [0.2, 0.25) is 0 Å². The summed E-state index contributed by atoms with van der Waals surface area (Å²) < 4.78 is 19.3. The Bertz CT molecular complexity index is 1960. The summed E-state index contributed by atoms with van der Waals surface area (Å²) >= 11 is 0. The number of nitrogens with zero attached hydrogens (tertiary/aromatic N) is 1. The van der Waals surface area contributed by atoms with E-state index in [9.17, 15) is 2.74 Å². The highest BCUT2D eigenvalue weighted by Crippen LogP contribution is 2.35. The Morgan fingerprint density at radius 3 is 1.09 bits per heavy atom. The number of anilines is 3. The average Bonchev–Trinajstić information content (AvgIpc) is 3.17. The normalized spacial score (nSPS) is 12.4. The van der Waals surface area contributed by atoms with Crippen molar-refractivity contribution < 1.29 is 2.74 Å². The van der Waals surface area contributed by atoms with Gasteiger partial charge in [-0.3, -0.25) is 0 Å². The van der Waals surface area contributed by atoms with Gasteiger partial charge >= 0.3 is 0 Å². The molecular weight excluding hydrogens is 571 g/mol. The standard InChI is InChI=1S/C44H35NSi/c1-6-16-39(17-7-1)45(40-18-8-2-9-19-40)41-32-30-38(31-33-41)37-28-26-36(27-29-37)34-35-46(42-20-10-3-11-21-42,43-22-12-4-13-23-43)44-24-14-5-15-25-44/h1-35H/b35-34+/i34D,35D. The first-order valence-electron chi connectivity index (χ1n) is 16.6. The third-order valence-electron chi connectivity index (χ3n) is 8.39. The van der Waals surface area contributed by atoms with Gasteiger partial charge in [0.05, 0.1) is 2.74 Å². The number of para-hydroxylation sites is 2. The van der Waals surface area contributed by atoms with Gasteiger partial charge in [-0.25, -0.2) is 0 Å². The van der Waals surface area contributed by atoms with Crippen molar-refractivity contribution in [1.29, 1.82) is 0 Å². The average molecular weight is 608 g/mol. The fraction of sp³-hybridized carbons (Fsp3) is 0. The van der Waals surface area contributed by atoms with Crippen LogP contribution in [0.15, 0.2) is 206 Å². The van der Waals surface area contributed by atoms with Crippen LogP contribution in [0.25, 0.3) is 17.2 Å². The molecule has 0 radical (unpaired) electrons. The van der Waals surface area contributed by atoms with Crippen LogP contribution in [0, 0.1) is 0 Å². The second kappa shape index (κ2) is 13.5.